The summed E-state index contributed by atoms with van der Waals surface area (Å²) in [6.07, 6.45) is 1.93. The summed E-state index contributed by atoms with van der Waals surface area (Å²) in [7, 11) is 0. The van der Waals surface area contributed by atoms with Gasteiger partial charge in [-0.1, -0.05) is 164 Å². The summed E-state index contributed by atoms with van der Waals surface area (Å²) >= 11 is 1.88. The topological polar surface area (TPSA) is 25.8 Å². The third-order valence-corrected chi connectivity index (χ3v) is 12.9. The minimum Gasteiger partial charge on any atom is -0.252 e. The minimum absolute atomic E-state index is 0.864. The molecule has 0 radical (unpaired) electrons. The molecule has 0 unspecified atom stereocenters. The number of hydrogen-bond donors (Lipinski definition) is 0. The van der Waals surface area contributed by atoms with Crippen LogP contribution in [0.5, 0.6) is 0 Å². The Hall–Kier alpha value is -7.20. The Morgan fingerprint density at radius 1 is 0.333 bits per heavy atom. The van der Waals surface area contributed by atoms with Gasteiger partial charge >= 0.3 is 0 Å². The lowest BCUT2D eigenvalue weighted by Crippen LogP contribution is -1.93. The Bertz CT molecular complexity index is 3560. The predicted molar refractivity (Wildman–Crippen MR) is 244 cm³/mol. The molecule has 2 nitrogen and oxygen atoms in total. The number of thiophene rings is 1. The van der Waals surface area contributed by atoms with Gasteiger partial charge in [0.15, 0.2) is 0 Å². The average Bonchev–Trinajstić information content (AvgIpc) is 3.67. The quantitative estimate of drug-likeness (QED) is 0.168. The first-order valence-electron chi connectivity index (χ1n) is 19.4. The largest absolute Gasteiger partial charge is 0.252 e. The molecule has 3 heteroatoms. The molecule has 0 fully saturated rings. The highest BCUT2D eigenvalue weighted by Crippen LogP contribution is 2.44. The molecule has 0 atom stereocenters. The third kappa shape index (κ3) is 5.03. The van der Waals surface area contributed by atoms with Crippen LogP contribution in [0.1, 0.15) is 0 Å². The Labute approximate surface area is 333 Å². The van der Waals surface area contributed by atoms with Gasteiger partial charge in [0.2, 0.25) is 0 Å². The molecule has 0 saturated carbocycles. The van der Waals surface area contributed by atoms with Crippen molar-refractivity contribution in [2.45, 2.75) is 0 Å². The van der Waals surface area contributed by atoms with E-state index < -0.39 is 0 Å². The van der Waals surface area contributed by atoms with Gasteiger partial charge in [-0.2, -0.15) is 0 Å². The maximum absolute atomic E-state index is 5.31. The van der Waals surface area contributed by atoms with Crippen LogP contribution in [0.3, 0.4) is 0 Å². The molecule has 12 rings (SSSR count). The first-order valence-corrected chi connectivity index (χ1v) is 20.2. The van der Waals surface area contributed by atoms with E-state index in [0.29, 0.717) is 0 Å². The zero-order valence-corrected chi connectivity index (χ0v) is 31.6. The number of benzene rings is 10. The molecule has 0 aliphatic heterocycles. The second-order valence-corrected chi connectivity index (χ2v) is 15.9. The van der Waals surface area contributed by atoms with E-state index in [1.54, 1.807) is 0 Å². The Morgan fingerprint density at radius 2 is 0.930 bits per heavy atom. The van der Waals surface area contributed by atoms with Crippen LogP contribution in [0.4, 0.5) is 0 Å². The molecular formula is C54H32N2S. The van der Waals surface area contributed by atoms with Crippen molar-refractivity contribution in [3.8, 4) is 44.6 Å². The molecular weight excluding hydrogens is 709 g/mol. The van der Waals surface area contributed by atoms with Crippen LogP contribution in [-0.2, 0) is 0 Å². The van der Waals surface area contributed by atoms with Crippen molar-refractivity contribution in [2.24, 2.45) is 0 Å². The molecule has 2 heterocycles. The highest BCUT2D eigenvalue weighted by atomic mass is 32.1. The average molecular weight is 741 g/mol. The van der Waals surface area contributed by atoms with Gasteiger partial charge in [-0.3, -0.25) is 4.98 Å². The van der Waals surface area contributed by atoms with Gasteiger partial charge < -0.3 is 0 Å². The summed E-state index contributed by atoms with van der Waals surface area (Å²) in [5, 5.41) is 12.2. The van der Waals surface area contributed by atoms with Gasteiger partial charge in [0.1, 0.15) is 0 Å². The maximum Gasteiger partial charge on any atom is 0.0979 e. The van der Waals surface area contributed by atoms with Crippen LogP contribution in [0.2, 0.25) is 0 Å². The lowest BCUT2D eigenvalue weighted by atomic mass is 9.88. The smallest absolute Gasteiger partial charge is 0.0979 e. The molecule has 0 spiro atoms. The van der Waals surface area contributed by atoms with Crippen LogP contribution in [0.25, 0.3) is 119 Å². The third-order valence-electron chi connectivity index (χ3n) is 11.7. The highest BCUT2D eigenvalue weighted by molar-refractivity contribution is 7.26. The van der Waals surface area contributed by atoms with Crippen LogP contribution in [0.15, 0.2) is 194 Å². The summed E-state index contributed by atoms with van der Waals surface area (Å²) in [5.41, 5.74) is 11.1. The van der Waals surface area contributed by atoms with Crippen LogP contribution in [-0.4, -0.2) is 9.97 Å². The zero-order valence-electron chi connectivity index (χ0n) is 30.8. The van der Waals surface area contributed by atoms with E-state index in [0.717, 1.165) is 38.6 Å². The Morgan fingerprint density at radius 3 is 1.74 bits per heavy atom. The van der Waals surface area contributed by atoms with Crippen molar-refractivity contribution >= 4 is 85.6 Å². The van der Waals surface area contributed by atoms with E-state index in [4.69, 9.17) is 9.97 Å². The number of rotatable bonds is 4. The van der Waals surface area contributed by atoms with Gasteiger partial charge in [0.25, 0.3) is 0 Å². The summed E-state index contributed by atoms with van der Waals surface area (Å²) < 4.78 is 2.65. The predicted octanol–water partition coefficient (Wildman–Crippen LogP) is 15.3. The molecule has 0 aliphatic carbocycles. The summed E-state index contributed by atoms with van der Waals surface area (Å²) in [4.78, 5) is 10.4. The normalized spacial score (nSPS) is 11.9. The summed E-state index contributed by atoms with van der Waals surface area (Å²) in [6, 6.07) is 68.4. The molecule has 264 valence electrons. The molecule has 0 bridgehead atoms. The molecule has 0 aliphatic rings. The van der Waals surface area contributed by atoms with Gasteiger partial charge in [-0.05, 0) is 90.0 Å². The monoisotopic (exact) mass is 740 g/mol. The summed E-state index contributed by atoms with van der Waals surface area (Å²) in [5.74, 6) is 0. The van der Waals surface area contributed by atoms with E-state index in [-0.39, 0.29) is 0 Å². The molecule has 12 aromatic rings. The van der Waals surface area contributed by atoms with Crippen molar-refractivity contribution in [1.29, 1.82) is 0 Å². The fourth-order valence-corrected chi connectivity index (χ4v) is 10.3. The van der Waals surface area contributed by atoms with Crippen molar-refractivity contribution < 1.29 is 0 Å². The van der Waals surface area contributed by atoms with E-state index in [2.05, 4.69) is 188 Å². The minimum atomic E-state index is 0.864. The first-order chi connectivity index (χ1) is 28.3. The van der Waals surface area contributed by atoms with Gasteiger partial charge in [0.05, 0.1) is 22.9 Å². The van der Waals surface area contributed by atoms with Crippen LogP contribution < -0.4 is 0 Å². The van der Waals surface area contributed by atoms with Crippen molar-refractivity contribution in [3.05, 3.63) is 194 Å². The Kier molecular flexibility index (Phi) is 7.13. The number of aromatic nitrogens is 2. The SMILES string of the molecule is c1cc(-c2cnc3c4ccccc4c4ccccc4c3n2)cc(-c2ccc(-c3cc(-c4cccc5c4sc4ccccc45)cc4ccccc34)c3ccccc23)c1. The molecule has 0 N–H and O–H groups in total. The number of hydrogen-bond acceptors (Lipinski definition) is 3. The van der Waals surface area contributed by atoms with Crippen molar-refractivity contribution in [2.75, 3.05) is 0 Å². The molecule has 57 heavy (non-hydrogen) atoms. The van der Waals surface area contributed by atoms with E-state index >= 15 is 0 Å². The first kappa shape index (κ1) is 32.1. The second kappa shape index (κ2) is 12.7. The van der Waals surface area contributed by atoms with Gasteiger partial charge in [0, 0.05) is 36.5 Å². The molecule has 0 amide bonds. The van der Waals surface area contributed by atoms with E-state index in [1.165, 1.54) is 80.3 Å². The molecule has 2 aromatic heterocycles. The zero-order chi connectivity index (χ0) is 37.5. The lowest BCUT2D eigenvalue weighted by Gasteiger charge is -2.16. The van der Waals surface area contributed by atoms with Crippen molar-refractivity contribution in [1.82, 2.24) is 9.97 Å². The van der Waals surface area contributed by atoms with Gasteiger partial charge in [-0.15, -0.1) is 11.3 Å². The van der Waals surface area contributed by atoms with Crippen LogP contribution in [0, 0.1) is 0 Å². The molecule has 0 saturated heterocycles. The highest BCUT2D eigenvalue weighted by Gasteiger charge is 2.17. The lowest BCUT2D eigenvalue weighted by molar-refractivity contribution is 1.31. The molecule has 10 aromatic carbocycles. The number of nitrogens with zero attached hydrogens (tertiary/aromatic N) is 2. The van der Waals surface area contributed by atoms with Crippen LogP contribution >= 0.6 is 11.3 Å². The Balaban J connectivity index is 1.01. The second-order valence-electron chi connectivity index (χ2n) is 14.9. The van der Waals surface area contributed by atoms with E-state index in [1.807, 2.05) is 17.5 Å². The number of fused-ring (bicyclic) bond motifs is 11. The van der Waals surface area contributed by atoms with Gasteiger partial charge in [-0.25, -0.2) is 4.98 Å². The van der Waals surface area contributed by atoms with E-state index in [9.17, 15) is 0 Å². The maximum atomic E-state index is 5.31. The van der Waals surface area contributed by atoms with Crippen molar-refractivity contribution in [3.63, 3.8) is 0 Å². The summed E-state index contributed by atoms with van der Waals surface area (Å²) in [6.45, 7) is 0. The fraction of sp³-hybridized carbons (Fsp3) is 0. The fourth-order valence-electron chi connectivity index (χ4n) is 9.06. The standard InChI is InChI=1S/C54H32N2S/c1-2-16-37-33(13-1)30-36(39-24-12-25-48-45-21-9-10-26-51(45)57-54(39)48)31-49(37)44-28-27-38(40-17-3-4-18-41(40)44)34-14-11-15-35(29-34)50-32-55-52-46-22-7-5-19-42(46)43-20-6-8-23-47(43)53(52)56-50/h1-32H.